The Morgan fingerprint density at radius 1 is 1.08 bits per heavy atom. The van der Waals surface area contributed by atoms with Gasteiger partial charge in [-0.1, -0.05) is 27.7 Å². The summed E-state index contributed by atoms with van der Waals surface area (Å²) < 4.78 is 25.3. The Morgan fingerprint density at radius 3 is 1.92 bits per heavy atom. The summed E-state index contributed by atoms with van der Waals surface area (Å²) in [6.45, 7) is 17.6. The quantitative estimate of drug-likeness (QED) is 0.310. The molecule has 0 unspecified atom stereocenters. The molecule has 24 heavy (non-hydrogen) atoms. The summed E-state index contributed by atoms with van der Waals surface area (Å²) in [5.74, 6) is 5.88. The van der Waals surface area contributed by atoms with Gasteiger partial charge in [0.25, 0.3) is 0 Å². The van der Waals surface area contributed by atoms with Gasteiger partial charge in [-0.25, -0.2) is 4.79 Å². The molecule has 1 saturated carbocycles. The van der Waals surface area contributed by atoms with Crippen molar-refractivity contribution in [2.75, 3.05) is 6.61 Å². The van der Waals surface area contributed by atoms with E-state index in [4.69, 9.17) is 18.5 Å². The Kier molecular flexibility index (Phi) is 15.3. The fraction of sp³-hybridized carbons (Fsp3) is 0.294. The molecular formula is C17H17ClO5Ru+. The van der Waals surface area contributed by atoms with E-state index in [1.807, 2.05) is 17.3 Å². The minimum absolute atomic E-state index is 0.241. The molecule has 0 atom stereocenters. The topological polar surface area (TPSA) is 79.2 Å². The molecule has 0 spiro atoms. The van der Waals surface area contributed by atoms with Crippen LogP contribution in [0.5, 0.6) is 0 Å². The first kappa shape index (κ1) is 25.4. The molecule has 0 N–H and O–H groups in total. The first-order valence-corrected chi connectivity index (χ1v) is 8.73. The fourth-order valence-electron chi connectivity index (χ4n) is 2.12. The van der Waals surface area contributed by atoms with Gasteiger partial charge in [-0.2, -0.15) is 0 Å². The van der Waals surface area contributed by atoms with Crippen molar-refractivity contribution in [1.82, 2.24) is 0 Å². The third kappa shape index (κ3) is 6.95. The summed E-state index contributed by atoms with van der Waals surface area (Å²) in [4.78, 5) is 11.7. The van der Waals surface area contributed by atoms with E-state index >= 15 is 0 Å². The summed E-state index contributed by atoms with van der Waals surface area (Å²) in [6, 6.07) is 3.27. The molecule has 7 heteroatoms. The number of ether oxygens (including phenoxy) is 1. The number of carbonyl (C=O) groups is 1. The molecule has 2 rings (SSSR count). The van der Waals surface area contributed by atoms with Crippen LogP contribution in [0.15, 0.2) is 22.8 Å². The standard InChI is InChI=1S/C15H17O3.2CO.ClH.Ru/c1-9-10(2)12(4)13(11(9)3)8-18-15(16)14-6-5-7-17-14;2*1-2;;/h5-7H,8H2,1-4H3;;;1H;/q;;;;+2/p-1. The van der Waals surface area contributed by atoms with Crippen molar-refractivity contribution < 1.29 is 40.6 Å². The third-order valence-electron chi connectivity index (χ3n) is 3.66. The van der Waals surface area contributed by atoms with Gasteiger partial charge in [-0.15, -0.1) is 0 Å². The van der Waals surface area contributed by atoms with Crippen LogP contribution in [0.4, 0.5) is 0 Å². The van der Waals surface area contributed by atoms with Crippen molar-refractivity contribution in [3.05, 3.63) is 67.0 Å². The Balaban J connectivity index is 0. The molecule has 0 bridgehead atoms. The molecular weight excluding hydrogens is 421 g/mol. The molecule has 1 heterocycles. The van der Waals surface area contributed by atoms with Crippen LogP contribution in [0.1, 0.15) is 38.2 Å². The summed E-state index contributed by atoms with van der Waals surface area (Å²) in [5.41, 5.74) is 0. The number of carbonyl (C=O) groups excluding carboxylic acids is 1. The maximum absolute atomic E-state index is 11.7. The summed E-state index contributed by atoms with van der Waals surface area (Å²) in [5, 5.41) is 0. The normalized spacial score (nSPS) is 15.9. The van der Waals surface area contributed by atoms with Gasteiger partial charge in [0.1, 0.15) is 0 Å². The van der Waals surface area contributed by atoms with Gasteiger partial charge in [0.05, 0.1) is 12.9 Å². The summed E-state index contributed by atoms with van der Waals surface area (Å²) in [6.07, 6.45) is 1.46. The van der Waals surface area contributed by atoms with Gasteiger partial charge in [-0.05, 0) is 35.8 Å². The van der Waals surface area contributed by atoms with E-state index in [1.165, 1.54) is 29.9 Å². The zero-order chi connectivity index (χ0) is 19.3. The van der Waals surface area contributed by atoms with Crippen LogP contribution in [0.3, 0.4) is 0 Å². The predicted molar refractivity (Wildman–Crippen MR) is 81.6 cm³/mol. The Morgan fingerprint density at radius 2 is 1.54 bits per heavy atom. The number of esters is 1. The molecule has 5 radical (unpaired) electrons. The fourth-order valence-corrected chi connectivity index (χ4v) is 2.12. The maximum atomic E-state index is 11.7. The Bertz CT molecular complexity index is 466. The van der Waals surface area contributed by atoms with Crippen LogP contribution in [0, 0.1) is 42.9 Å². The molecule has 1 aromatic heterocycles. The Hall–Kier alpha value is -0.857. The van der Waals surface area contributed by atoms with E-state index in [-0.39, 0.29) is 5.76 Å². The second-order valence-corrected chi connectivity index (χ2v) is 4.53. The number of furan rings is 1. The van der Waals surface area contributed by atoms with Gasteiger partial charge in [0, 0.05) is 5.92 Å². The zero-order valence-corrected chi connectivity index (χ0v) is 16.2. The van der Waals surface area contributed by atoms with E-state index in [0.29, 0.717) is 6.61 Å². The van der Waals surface area contributed by atoms with E-state index in [9.17, 15) is 4.79 Å². The van der Waals surface area contributed by atoms with Crippen molar-refractivity contribution >= 4 is 15.7 Å². The number of hydrogen-bond acceptors (Lipinski definition) is 3. The molecule has 129 valence electrons. The zero-order valence-electron chi connectivity index (χ0n) is 13.7. The van der Waals surface area contributed by atoms with Crippen LogP contribution in [0.2, 0.25) is 0 Å². The number of rotatable bonds is 3. The van der Waals surface area contributed by atoms with Gasteiger partial charge in [-0.3, -0.25) is 0 Å². The molecule has 1 fully saturated rings. The SMILES string of the molecule is C[C]1[C](C)[C](C)[C](COC(=O)c2ccco2)[C]1C.[C-]#[O+].[C-]#[O+].[Cl][Ru+]. The summed E-state index contributed by atoms with van der Waals surface area (Å²) in [7, 11) is 4.57. The molecule has 1 aliphatic rings. The average molecular weight is 438 g/mol. The van der Waals surface area contributed by atoms with Crippen LogP contribution in [0.25, 0.3) is 0 Å². The van der Waals surface area contributed by atoms with Crippen molar-refractivity contribution in [2.24, 2.45) is 0 Å². The second kappa shape index (κ2) is 14.5. The monoisotopic (exact) mass is 438 g/mol. The molecule has 1 aromatic rings. The minimum atomic E-state index is -0.421. The molecule has 5 nitrogen and oxygen atoms in total. The number of hydrogen-bond donors (Lipinski definition) is 0. The molecule has 0 saturated heterocycles. The predicted octanol–water partition coefficient (Wildman–Crippen LogP) is 4.01. The van der Waals surface area contributed by atoms with Crippen molar-refractivity contribution in [1.29, 1.82) is 0 Å². The van der Waals surface area contributed by atoms with E-state index in [0.717, 1.165) is 5.92 Å². The first-order valence-electron chi connectivity index (χ1n) is 6.49. The number of halogens is 1. The van der Waals surface area contributed by atoms with Crippen LogP contribution >= 0.6 is 9.69 Å². The van der Waals surface area contributed by atoms with Crippen LogP contribution in [-0.4, -0.2) is 12.6 Å². The molecule has 0 amide bonds. The second-order valence-electron chi connectivity index (χ2n) is 4.53. The van der Waals surface area contributed by atoms with Crippen molar-refractivity contribution in [3.8, 4) is 0 Å². The van der Waals surface area contributed by atoms with Crippen molar-refractivity contribution in [2.45, 2.75) is 27.7 Å². The van der Waals surface area contributed by atoms with E-state index < -0.39 is 5.97 Å². The van der Waals surface area contributed by atoms with Gasteiger partial charge in [0.2, 0.25) is 5.76 Å². The average Bonchev–Trinajstić information content (AvgIpc) is 3.24. The molecule has 1 aliphatic carbocycles. The van der Waals surface area contributed by atoms with E-state index in [2.05, 4.69) is 50.7 Å². The van der Waals surface area contributed by atoms with Crippen LogP contribution < -0.4 is 0 Å². The molecule has 0 aromatic carbocycles. The van der Waals surface area contributed by atoms with E-state index in [1.54, 1.807) is 12.1 Å². The van der Waals surface area contributed by atoms with Crippen LogP contribution in [-0.2, 0) is 31.4 Å². The Labute approximate surface area is 157 Å². The van der Waals surface area contributed by atoms with Gasteiger partial charge >= 0.3 is 55.6 Å². The van der Waals surface area contributed by atoms with Gasteiger partial charge < -0.3 is 9.15 Å². The summed E-state index contributed by atoms with van der Waals surface area (Å²) >= 11 is 1.82. The van der Waals surface area contributed by atoms with Gasteiger partial charge in [0.15, 0.2) is 0 Å². The third-order valence-corrected chi connectivity index (χ3v) is 3.66. The van der Waals surface area contributed by atoms with Crippen molar-refractivity contribution in [3.63, 3.8) is 0 Å². The molecule has 0 aliphatic heterocycles. The first-order chi connectivity index (χ1) is 11.5.